The molecule has 1 aromatic heterocycles. The van der Waals surface area contributed by atoms with Gasteiger partial charge < -0.3 is 15.3 Å². The SMILES string of the molecule is O=C(O)CCN1CCN(C(=O)Nc2ccsc2)CC1. The summed E-state index contributed by atoms with van der Waals surface area (Å²) in [6, 6.07) is 1.78. The van der Waals surface area contributed by atoms with Crippen molar-refractivity contribution in [3.05, 3.63) is 16.8 Å². The number of rotatable bonds is 4. The Balaban J connectivity index is 1.73. The minimum atomic E-state index is -0.780. The number of aliphatic carboxylic acids is 1. The Bertz CT molecular complexity index is 427. The van der Waals surface area contributed by atoms with Crippen LogP contribution >= 0.6 is 11.3 Å². The van der Waals surface area contributed by atoms with Crippen molar-refractivity contribution in [2.24, 2.45) is 0 Å². The van der Waals surface area contributed by atoms with Crippen LogP contribution < -0.4 is 5.32 Å². The van der Waals surface area contributed by atoms with Crippen LogP contribution in [-0.4, -0.2) is 59.6 Å². The number of anilines is 1. The minimum absolute atomic E-state index is 0.0868. The molecule has 0 radical (unpaired) electrons. The molecule has 2 rings (SSSR count). The van der Waals surface area contributed by atoms with Gasteiger partial charge in [0.2, 0.25) is 0 Å². The third-order valence-corrected chi connectivity index (χ3v) is 3.76. The van der Waals surface area contributed by atoms with Crippen LogP contribution in [0.4, 0.5) is 10.5 Å². The maximum absolute atomic E-state index is 11.9. The highest BCUT2D eigenvalue weighted by molar-refractivity contribution is 7.08. The molecular formula is C12H17N3O3S. The molecule has 1 aliphatic rings. The Hall–Kier alpha value is -1.60. The number of hydrogen-bond acceptors (Lipinski definition) is 4. The number of carbonyl (C=O) groups excluding carboxylic acids is 1. The van der Waals surface area contributed by atoms with Gasteiger partial charge >= 0.3 is 12.0 Å². The summed E-state index contributed by atoms with van der Waals surface area (Å²) in [6.07, 6.45) is 0.154. The fourth-order valence-electron chi connectivity index (χ4n) is 1.97. The summed E-state index contributed by atoms with van der Waals surface area (Å²) < 4.78 is 0. The minimum Gasteiger partial charge on any atom is -0.481 e. The fourth-order valence-corrected chi connectivity index (χ4v) is 2.55. The van der Waals surface area contributed by atoms with E-state index in [0.29, 0.717) is 19.6 Å². The molecule has 0 bridgehead atoms. The molecule has 2 N–H and O–H groups in total. The van der Waals surface area contributed by atoms with E-state index in [1.54, 1.807) is 16.2 Å². The number of thiophene rings is 1. The predicted molar refractivity (Wildman–Crippen MR) is 73.6 cm³/mol. The second kappa shape index (κ2) is 6.53. The Morgan fingerprint density at radius 1 is 1.32 bits per heavy atom. The predicted octanol–water partition coefficient (Wildman–Crippen LogP) is 1.37. The zero-order chi connectivity index (χ0) is 13.7. The lowest BCUT2D eigenvalue weighted by atomic mass is 10.3. The molecule has 6 nitrogen and oxygen atoms in total. The number of hydrogen-bond donors (Lipinski definition) is 2. The Morgan fingerprint density at radius 2 is 2.05 bits per heavy atom. The van der Waals surface area contributed by atoms with Crippen molar-refractivity contribution in [2.45, 2.75) is 6.42 Å². The fraction of sp³-hybridized carbons (Fsp3) is 0.500. The molecule has 0 atom stereocenters. The van der Waals surface area contributed by atoms with Crippen LogP contribution in [0.5, 0.6) is 0 Å². The third kappa shape index (κ3) is 4.22. The maximum Gasteiger partial charge on any atom is 0.321 e. The first-order valence-corrected chi connectivity index (χ1v) is 7.12. The van der Waals surface area contributed by atoms with E-state index in [9.17, 15) is 9.59 Å². The van der Waals surface area contributed by atoms with E-state index in [4.69, 9.17) is 5.11 Å². The van der Waals surface area contributed by atoms with E-state index in [0.717, 1.165) is 18.8 Å². The smallest absolute Gasteiger partial charge is 0.321 e. The average Bonchev–Trinajstić information content (AvgIpc) is 2.89. The Morgan fingerprint density at radius 3 is 2.63 bits per heavy atom. The molecule has 0 aliphatic carbocycles. The van der Waals surface area contributed by atoms with Gasteiger partial charge in [-0.25, -0.2) is 4.79 Å². The maximum atomic E-state index is 11.9. The Kier molecular flexibility index (Phi) is 4.75. The van der Waals surface area contributed by atoms with Crippen molar-refractivity contribution >= 4 is 29.0 Å². The van der Waals surface area contributed by atoms with Gasteiger partial charge in [-0.05, 0) is 11.4 Å². The zero-order valence-corrected chi connectivity index (χ0v) is 11.4. The average molecular weight is 283 g/mol. The van der Waals surface area contributed by atoms with E-state index < -0.39 is 5.97 Å². The number of carbonyl (C=O) groups is 2. The second-order valence-corrected chi connectivity index (χ2v) is 5.19. The largest absolute Gasteiger partial charge is 0.481 e. The van der Waals surface area contributed by atoms with E-state index in [2.05, 4.69) is 10.2 Å². The molecule has 19 heavy (non-hydrogen) atoms. The van der Waals surface area contributed by atoms with E-state index >= 15 is 0 Å². The van der Waals surface area contributed by atoms with Gasteiger partial charge in [0.25, 0.3) is 0 Å². The van der Waals surface area contributed by atoms with Gasteiger partial charge in [0.05, 0.1) is 12.1 Å². The lowest BCUT2D eigenvalue weighted by Gasteiger charge is -2.34. The second-order valence-electron chi connectivity index (χ2n) is 4.41. The van der Waals surface area contributed by atoms with Gasteiger partial charge in [-0.2, -0.15) is 11.3 Å². The Labute approximate surface area is 115 Å². The molecule has 1 fully saturated rings. The molecule has 0 aromatic carbocycles. The van der Waals surface area contributed by atoms with Gasteiger partial charge in [-0.1, -0.05) is 0 Å². The van der Waals surface area contributed by atoms with Gasteiger partial charge in [0, 0.05) is 38.1 Å². The normalized spacial score (nSPS) is 16.3. The van der Waals surface area contributed by atoms with Gasteiger partial charge in [0.1, 0.15) is 0 Å². The monoisotopic (exact) mass is 283 g/mol. The van der Waals surface area contributed by atoms with Crippen LogP contribution in [0.2, 0.25) is 0 Å². The molecule has 2 amide bonds. The number of urea groups is 1. The lowest BCUT2D eigenvalue weighted by molar-refractivity contribution is -0.137. The van der Waals surface area contributed by atoms with Crippen molar-refractivity contribution in [1.29, 1.82) is 0 Å². The van der Waals surface area contributed by atoms with Crippen molar-refractivity contribution in [3.63, 3.8) is 0 Å². The highest BCUT2D eigenvalue weighted by Crippen LogP contribution is 2.13. The quantitative estimate of drug-likeness (QED) is 0.875. The number of piperazine rings is 1. The summed E-state index contributed by atoms with van der Waals surface area (Å²) in [5, 5.41) is 15.3. The summed E-state index contributed by atoms with van der Waals surface area (Å²) in [7, 11) is 0. The van der Waals surface area contributed by atoms with Gasteiger partial charge in [-0.15, -0.1) is 0 Å². The summed E-state index contributed by atoms with van der Waals surface area (Å²) in [6.45, 7) is 3.27. The highest BCUT2D eigenvalue weighted by Gasteiger charge is 2.21. The van der Waals surface area contributed by atoms with E-state index in [1.807, 2.05) is 16.8 Å². The standard InChI is InChI=1S/C12H17N3O3S/c16-11(17)1-3-14-4-6-15(7-5-14)12(18)13-10-2-8-19-9-10/h2,8-9H,1,3-7H2,(H,13,18)(H,16,17). The summed E-state index contributed by atoms with van der Waals surface area (Å²) in [4.78, 5) is 26.3. The molecule has 1 saturated heterocycles. The van der Waals surface area contributed by atoms with Crippen LogP contribution in [0.25, 0.3) is 0 Å². The molecular weight excluding hydrogens is 266 g/mol. The van der Waals surface area contributed by atoms with Crippen molar-refractivity contribution in [1.82, 2.24) is 9.80 Å². The summed E-state index contributed by atoms with van der Waals surface area (Å²) in [5.74, 6) is -0.780. The molecule has 2 heterocycles. The highest BCUT2D eigenvalue weighted by atomic mass is 32.1. The number of nitrogens with one attached hydrogen (secondary N) is 1. The zero-order valence-electron chi connectivity index (χ0n) is 10.5. The molecule has 0 spiro atoms. The van der Waals surface area contributed by atoms with Crippen LogP contribution in [0.3, 0.4) is 0 Å². The molecule has 1 aliphatic heterocycles. The number of carboxylic acids is 1. The topological polar surface area (TPSA) is 72.9 Å². The van der Waals surface area contributed by atoms with Crippen molar-refractivity contribution in [2.75, 3.05) is 38.0 Å². The number of carboxylic acid groups (broad SMARTS) is 1. The number of nitrogens with zero attached hydrogens (tertiary/aromatic N) is 2. The van der Waals surface area contributed by atoms with Crippen LogP contribution in [0, 0.1) is 0 Å². The van der Waals surface area contributed by atoms with Gasteiger partial charge in [-0.3, -0.25) is 9.69 Å². The molecule has 104 valence electrons. The van der Waals surface area contributed by atoms with Crippen LogP contribution in [0.15, 0.2) is 16.8 Å². The third-order valence-electron chi connectivity index (χ3n) is 3.07. The number of amides is 2. The van der Waals surface area contributed by atoms with Crippen LogP contribution in [-0.2, 0) is 4.79 Å². The first kappa shape index (κ1) is 13.8. The first-order chi connectivity index (χ1) is 9.15. The molecule has 1 aromatic rings. The summed E-state index contributed by atoms with van der Waals surface area (Å²) >= 11 is 1.54. The lowest BCUT2D eigenvalue weighted by Crippen LogP contribution is -2.50. The van der Waals surface area contributed by atoms with Crippen molar-refractivity contribution < 1.29 is 14.7 Å². The molecule has 7 heteroatoms. The summed E-state index contributed by atoms with van der Waals surface area (Å²) in [5.41, 5.74) is 0.823. The molecule has 0 unspecified atom stereocenters. The van der Waals surface area contributed by atoms with Crippen LogP contribution in [0.1, 0.15) is 6.42 Å². The van der Waals surface area contributed by atoms with E-state index in [-0.39, 0.29) is 12.5 Å². The van der Waals surface area contributed by atoms with Gasteiger partial charge in [0.15, 0.2) is 0 Å². The van der Waals surface area contributed by atoms with Crippen molar-refractivity contribution in [3.8, 4) is 0 Å². The first-order valence-electron chi connectivity index (χ1n) is 6.17. The van der Waals surface area contributed by atoms with E-state index in [1.165, 1.54) is 0 Å². The molecule has 0 saturated carbocycles.